The van der Waals surface area contributed by atoms with E-state index in [9.17, 15) is 13.6 Å². The molecule has 4 heteroatoms. The number of aromatic nitrogens is 1. The Kier molecular flexibility index (Phi) is 2.04. The molecular formula is C10H7F2NO. The second kappa shape index (κ2) is 3.21. The second-order valence-electron chi connectivity index (χ2n) is 2.90. The quantitative estimate of drug-likeness (QED) is 0.675. The molecule has 0 aliphatic rings. The number of aldehydes is 1. The van der Waals surface area contributed by atoms with Crippen molar-refractivity contribution in [3.05, 3.63) is 36.0 Å². The van der Waals surface area contributed by atoms with E-state index in [2.05, 4.69) is 0 Å². The van der Waals surface area contributed by atoms with Crippen molar-refractivity contribution in [3.8, 4) is 0 Å². The smallest absolute Gasteiger partial charge is 0.298 e. The van der Waals surface area contributed by atoms with E-state index in [-0.39, 0.29) is 0 Å². The van der Waals surface area contributed by atoms with E-state index in [0.717, 1.165) is 4.57 Å². The SMILES string of the molecule is O=Cc1cn(C(F)F)c2ccccc12. The van der Waals surface area contributed by atoms with Gasteiger partial charge in [-0.2, -0.15) is 8.78 Å². The molecule has 1 aromatic carbocycles. The summed E-state index contributed by atoms with van der Waals surface area (Å²) in [6, 6.07) is 6.59. The van der Waals surface area contributed by atoms with Gasteiger partial charge in [-0.15, -0.1) is 0 Å². The summed E-state index contributed by atoms with van der Waals surface area (Å²) in [5.41, 5.74) is 0.672. The molecule has 0 saturated carbocycles. The van der Waals surface area contributed by atoms with Crippen LogP contribution < -0.4 is 0 Å². The van der Waals surface area contributed by atoms with Gasteiger partial charge >= 0.3 is 6.55 Å². The first kappa shape index (κ1) is 8.87. The molecule has 0 radical (unpaired) electrons. The van der Waals surface area contributed by atoms with E-state index in [0.29, 0.717) is 22.8 Å². The van der Waals surface area contributed by atoms with Crippen molar-refractivity contribution < 1.29 is 13.6 Å². The molecule has 0 fully saturated rings. The van der Waals surface area contributed by atoms with Gasteiger partial charge in [0.15, 0.2) is 6.29 Å². The highest BCUT2D eigenvalue weighted by Gasteiger charge is 2.12. The number of rotatable bonds is 2. The lowest BCUT2D eigenvalue weighted by atomic mass is 10.2. The van der Waals surface area contributed by atoms with Gasteiger partial charge in [0.25, 0.3) is 0 Å². The van der Waals surface area contributed by atoms with Crippen LogP contribution in [0, 0.1) is 0 Å². The van der Waals surface area contributed by atoms with Crippen molar-refractivity contribution in [3.63, 3.8) is 0 Å². The van der Waals surface area contributed by atoms with Crippen LogP contribution in [0.3, 0.4) is 0 Å². The zero-order valence-electron chi connectivity index (χ0n) is 7.15. The van der Waals surface area contributed by atoms with E-state index in [1.165, 1.54) is 6.20 Å². The highest BCUT2D eigenvalue weighted by Crippen LogP contribution is 2.24. The first-order valence-corrected chi connectivity index (χ1v) is 4.07. The average molecular weight is 195 g/mol. The molecule has 14 heavy (non-hydrogen) atoms. The third kappa shape index (κ3) is 1.19. The van der Waals surface area contributed by atoms with Crippen molar-refractivity contribution in [1.82, 2.24) is 4.57 Å². The van der Waals surface area contributed by atoms with Gasteiger partial charge in [0.05, 0.1) is 5.52 Å². The highest BCUT2D eigenvalue weighted by molar-refractivity contribution is 5.97. The molecule has 0 unspecified atom stereocenters. The van der Waals surface area contributed by atoms with Crippen LogP contribution in [0.5, 0.6) is 0 Å². The predicted octanol–water partition coefficient (Wildman–Crippen LogP) is 2.85. The number of para-hydroxylation sites is 1. The monoisotopic (exact) mass is 195 g/mol. The van der Waals surface area contributed by atoms with Crippen LogP contribution in [0.25, 0.3) is 10.9 Å². The topological polar surface area (TPSA) is 22.0 Å². The van der Waals surface area contributed by atoms with Crippen molar-refractivity contribution >= 4 is 17.2 Å². The lowest BCUT2D eigenvalue weighted by Gasteiger charge is -2.01. The Balaban J connectivity index is 2.79. The lowest BCUT2D eigenvalue weighted by molar-refractivity contribution is 0.0751. The Morgan fingerprint density at radius 3 is 2.64 bits per heavy atom. The summed E-state index contributed by atoms with van der Waals surface area (Å²) in [4.78, 5) is 10.6. The molecule has 0 aliphatic heterocycles. The van der Waals surface area contributed by atoms with Gasteiger partial charge in [0.2, 0.25) is 0 Å². The fourth-order valence-corrected chi connectivity index (χ4v) is 1.49. The van der Waals surface area contributed by atoms with E-state index in [1.54, 1.807) is 24.3 Å². The van der Waals surface area contributed by atoms with Crippen LogP contribution in [0.2, 0.25) is 0 Å². The normalized spacial score (nSPS) is 11.1. The van der Waals surface area contributed by atoms with Crippen LogP contribution in [0.1, 0.15) is 16.9 Å². The number of benzene rings is 1. The Bertz CT molecular complexity index is 476. The summed E-state index contributed by atoms with van der Waals surface area (Å²) in [7, 11) is 0. The number of fused-ring (bicyclic) bond motifs is 1. The standard InChI is InChI=1S/C10H7F2NO/c11-10(12)13-5-7(6-14)8-3-1-2-4-9(8)13/h1-6,10H. The summed E-state index contributed by atoms with van der Waals surface area (Å²) in [6.07, 6.45) is 1.75. The number of nitrogens with zero attached hydrogens (tertiary/aromatic N) is 1. The molecule has 0 atom stereocenters. The van der Waals surface area contributed by atoms with Crippen molar-refractivity contribution in [2.24, 2.45) is 0 Å². The molecule has 1 aromatic heterocycles. The zero-order valence-corrected chi connectivity index (χ0v) is 7.15. The molecule has 0 amide bonds. The number of halogens is 2. The number of hydrogen-bond acceptors (Lipinski definition) is 1. The molecule has 72 valence electrons. The Morgan fingerprint density at radius 2 is 2.00 bits per heavy atom. The van der Waals surface area contributed by atoms with Crippen molar-refractivity contribution in [2.45, 2.75) is 6.55 Å². The van der Waals surface area contributed by atoms with Gasteiger partial charge in [-0.1, -0.05) is 18.2 Å². The molecule has 1 heterocycles. The molecule has 0 bridgehead atoms. The third-order valence-corrected chi connectivity index (χ3v) is 2.11. The number of hydrogen-bond donors (Lipinski definition) is 0. The minimum absolute atomic E-state index is 0.293. The fourth-order valence-electron chi connectivity index (χ4n) is 1.49. The van der Waals surface area contributed by atoms with Gasteiger partial charge < -0.3 is 0 Å². The molecule has 2 aromatic rings. The zero-order chi connectivity index (χ0) is 10.1. The van der Waals surface area contributed by atoms with Crippen LogP contribution in [0.4, 0.5) is 8.78 Å². The molecule has 0 saturated heterocycles. The summed E-state index contributed by atoms with van der Waals surface area (Å²) in [5.74, 6) is 0. The summed E-state index contributed by atoms with van der Waals surface area (Å²) in [5, 5.41) is 0.558. The Labute approximate surface area is 78.8 Å². The highest BCUT2D eigenvalue weighted by atomic mass is 19.3. The first-order chi connectivity index (χ1) is 6.74. The predicted molar refractivity (Wildman–Crippen MR) is 48.6 cm³/mol. The number of alkyl halides is 2. The summed E-state index contributed by atoms with van der Waals surface area (Å²) in [6.45, 7) is -2.62. The van der Waals surface area contributed by atoms with Crippen molar-refractivity contribution in [2.75, 3.05) is 0 Å². The molecule has 0 spiro atoms. The lowest BCUT2D eigenvalue weighted by Crippen LogP contribution is -1.94. The van der Waals surface area contributed by atoms with Gasteiger partial charge in [0, 0.05) is 17.1 Å². The van der Waals surface area contributed by atoms with Crippen molar-refractivity contribution in [1.29, 1.82) is 0 Å². The average Bonchev–Trinajstić information content (AvgIpc) is 2.56. The van der Waals surface area contributed by atoms with E-state index in [1.807, 2.05) is 0 Å². The van der Waals surface area contributed by atoms with E-state index >= 15 is 0 Å². The molecule has 0 aliphatic carbocycles. The Hall–Kier alpha value is -1.71. The fraction of sp³-hybridized carbons (Fsp3) is 0.100. The Morgan fingerprint density at radius 1 is 1.29 bits per heavy atom. The van der Waals surface area contributed by atoms with Gasteiger partial charge in [0.1, 0.15) is 0 Å². The summed E-state index contributed by atoms with van der Waals surface area (Å²) >= 11 is 0. The van der Waals surface area contributed by atoms with E-state index in [4.69, 9.17) is 0 Å². The number of carbonyl (C=O) groups excluding carboxylic acids is 1. The molecule has 2 nitrogen and oxygen atoms in total. The maximum absolute atomic E-state index is 12.5. The minimum Gasteiger partial charge on any atom is -0.298 e. The molecular weight excluding hydrogens is 188 g/mol. The van der Waals surface area contributed by atoms with Crippen LogP contribution in [-0.4, -0.2) is 10.9 Å². The van der Waals surface area contributed by atoms with Crippen LogP contribution in [0.15, 0.2) is 30.5 Å². The maximum atomic E-state index is 12.5. The maximum Gasteiger partial charge on any atom is 0.319 e. The van der Waals surface area contributed by atoms with Gasteiger partial charge in [-0.25, -0.2) is 0 Å². The molecule has 2 rings (SSSR count). The van der Waals surface area contributed by atoms with Crippen LogP contribution >= 0.6 is 0 Å². The minimum atomic E-state index is -2.62. The largest absolute Gasteiger partial charge is 0.319 e. The van der Waals surface area contributed by atoms with E-state index < -0.39 is 6.55 Å². The first-order valence-electron chi connectivity index (χ1n) is 4.07. The number of carbonyl (C=O) groups is 1. The summed E-state index contributed by atoms with van der Waals surface area (Å²) < 4.78 is 25.8. The van der Waals surface area contributed by atoms with Crippen LogP contribution in [-0.2, 0) is 0 Å². The second-order valence-corrected chi connectivity index (χ2v) is 2.90. The van der Waals surface area contributed by atoms with Gasteiger partial charge in [-0.05, 0) is 6.07 Å². The molecule has 0 N–H and O–H groups in total. The third-order valence-electron chi connectivity index (χ3n) is 2.11. The van der Waals surface area contributed by atoms with Gasteiger partial charge in [-0.3, -0.25) is 9.36 Å².